The maximum Gasteiger partial charge on any atom is -0.0351 e. The van der Waals surface area contributed by atoms with Crippen LogP contribution in [0.25, 0.3) is 0 Å². The highest BCUT2D eigenvalue weighted by Gasteiger charge is 1.95. The van der Waals surface area contributed by atoms with Crippen LogP contribution in [0.2, 0.25) is 0 Å². The van der Waals surface area contributed by atoms with Crippen molar-refractivity contribution in [1.82, 2.24) is 0 Å². The van der Waals surface area contributed by atoms with E-state index in [-0.39, 0.29) is 0 Å². The second-order valence-corrected chi connectivity index (χ2v) is 9.53. The van der Waals surface area contributed by atoms with Gasteiger partial charge < -0.3 is 0 Å². The van der Waals surface area contributed by atoms with Gasteiger partial charge in [0, 0.05) is 0 Å². The molecule has 0 aliphatic heterocycles. The summed E-state index contributed by atoms with van der Waals surface area (Å²) in [5, 5.41) is 0. The maximum atomic E-state index is 3.91. The Hall–Kier alpha value is -0.260. The molecule has 0 saturated heterocycles. The SMILES string of the molecule is [CH2]CCCCCCCC/C=C/CCCCCCCCCCCCCCCCCC[CH2]. The predicted octanol–water partition coefficient (Wildman–Crippen LogP) is 11.4. The molecule has 0 aromatic carbocycles. The minimum Gasteiger partial charge on any atom is -0.0885 e. The van der Waals surface area contributed by atoms with Gasteiger partial charge in [0.25, 0.3) is 0 Å². The van der Waals surface area contributed by atoms with Crippen molar-refractivity contribution in [3.05, 3.63) is 26.0 Å². The van der Waals surface area contributed by atoms with E-state index in [4.69, 9.17) is 0 Å². The fourth-order valence-electron chi connectivity index (χ4n) is 4.30. The Morgan fingerprint density at radius 2 is 0.467 bits per heavy atom. The first-order chi connectivity index (χ1) is 14.9. The standard InChI is InChI=1S/C30H58/c1-3-5-7-9-11-13-15-17-19-21-23-25-27-29-30-28-26-24-22-20-18-16-14-12-10-8-6-4-2/h19,21H,1-18,20,22-30H2/b21-19+. The summed E-state index contributed by atoms with van der Waals surface area (Å²) in [6, 6.07) is 0. The van der Waals surface area contributed by atoms with Gasteiger partial charge in [-0.3, -0.25) is 0 Å². The van der Waals surface area contributed by atoms with Gasteiger partial charge in [-0.2, -0.15) is 0 Å². The van der Waals surface area contributed by atoms with Crippen LogP contribution in [0, 0.1) is 13.8 Å². The third-order valence-electron chi connectivity index (χ3n) is 6.41. The molecular weight excluding hydrogens is 360 g/mol. The third kappa shape index (κ3) is 27.7. The zero-order chi connectivity index (χ0) is 21.8. The molecule has 0 amide bonds. The lowest BCUT2D eigenvalue weighted by Crippen LogP contribution is -1.83. The van der Waals surface area contributed by atoms with E-state index in [0.29, 0.717) is 0 Å². The molecule has 0 atom stereocenters. The lowest BCUT2D eigenvalue weighted by Gasteiger charge is -2.03. The topological polar surface area (TPSA) is 0 Å². The van der Waals surface area contributed by atoms with Gasteiger partial charge in [-0.1, -0.05) is 167 Å². The normalized spacial score (nSPS) is 11.7. The highest BCUT2D eigenvalue weighted by atomic mass is 14.0. The molecule has 0 heteroatoms. The van der Waals surface area contributed by atoms with Crippen molar-refractivity contribution in [3.8, 4) is 0 Å². The first-order valence-electron chi connectivity index (χ1n) is 14.1. The predicted molar refractivity (Wildman–Crippen MR) is 140 cm³/mol. The molecule has 0 aliphatic rings. The summed E-state index contributed by atoms with van der Waals surface area (Å²) in [4.78, 5) is 0. The summed E-state index contributed by atoms with van der Waals surface area (Å²) in [7, 11) is 0. The van der Waals surface area contributed by atoms with E-state index in [1.165, 1.54) is 154 Å². The average molecular weight is 419 g/mol. The third-order valence-corrected chi connectivity index (χ3v) is 6.41. The number of unbranched alkanes of at least 4 members (excludes halogenated alkanes) is 24. The first-order valence-corrected chi connectivity index (χ1v) is 14.1. The highest BCUT2D eigenvalue weighted by molar-refractivity contribution is 4.81. The Morgan fingerprint density at radius 1 is 0.267 bits per heavy atom. The lowest BCUT2D eigenvalue weighted by molar-refractivity contribution is 0.528. The number of rotatable bonds is 26. The van der Waals surface area contributed by atoms with E-state index in [1.54, 1.807) is 0 Å². The molecule has 0 bridgehead atoms. The molecule has 0 nitrogen and oxygen atoms in total. The summed E-state index contributed by atoms with van der Waals surface area (Å²) in [6.07, 6.45) is 41.2. The van der Waals surface area contributed by atoms with Crippen LogP contribution in [0.15, 0.2) is 12.2 Å². The van der Waals surface area contributed by atoms with Gasteiger partial charge in [-0.15, -0.1) is 0 Å². The molecule has 0 aliphatic carbocycles. The summed E-state index contributed by atoms with van der Waals surface area (Å²) < 4.78 is 0. The highest BCUT2D eigenvalue weighted by Crippen LogP contribution is 2.14. The van der Waals surface area contributed by atoms with Gasteiger partial charge in [0.05, 0.1) is 0 Å². The Labute approximate surface area is 193 Å². The zero-order valence-corrected chi connectivity index (χ0v) is 21.0. The molecule has 0 heterocycles. The minimum absolute atomic E-state index is 1.11. The Bertz CT molecular complexity index is 303. The van der Waals surface area contributed by atoms with Gasteiger partial charge in [0.1, 0.15) is 0 Å². The van der Waals surface area contributed by atoms with Crippen LogP contribution in [0.1, 0.15) is 167 Å². The van der Waals surface area contributed by atoms with Crippen molar-refractivity contribution >= 4 is 0 Å². The van der Waals surface area contributed by atoms with E-state index in [1.807, 2.05) is 0 Å². The average Bonchev–Trinajstić information content (AvgIpc) is 2.76. The van der Waals surface area contributed by atoms with E-state index in [9.17, 15) is 0 Å². The first kappa shape index (κ1) is 29.7. The Morgan fingerprint density at radius 3 is 0.700 bits per heavy atom. The van der Waals surface area contributed by atoms with Gasteiger partial charge in [0.2, 0.25) is 0 Å². The van der Waals surface area contributed by atoms with Gasteiger partial charge >= 0.3 is 0 Å². The summed E-state index contributed by atoms with van der Waals surface area (Å²) in [5.74, 6) is 0. The molecule has 178 valence electrons. The van der Waals surface area contributed by atoms with Gasteiger partial charge in [-0.05, 0) is 25.7 Å². The molecule has 0 rings (SSSR count). The van der Waals surface area contributed by atoms with Crippen LogP contribution in [0.5, 0.6) is 0 Å². The quantitative estimate of drug-likeness (QED) is 0.0967. The van der Waals surface area contributed by atoms with E-state index in [2.05, 4.69) is 26.0 Å². The van der Waals surface area contributed by atoms with Crippen molar-refractivity contribution in [2.45, 2.75) is 167 Å². The molecule has 2 radical (unpaired) electrons. The van der Waals surface area contributed by atoms with Crippen LogP contribution < -0.4 is 0 Å². The molecule has 0 saturated carbocycles. The molecule has 0 aromatic heterocycles. The minimum atomic E-state index is 1.11. The van der Waals surface area contributed by atoms with Crippen molar-refractivity contribution < 1.29 is 0 Å². The van der Waals surface area contributed by atoms with Crippen LogP contribution in [0.3, 0.4) is 0 Å². The van der Waals surface area contributed by atoms with E-state index < -0.39 is 0 Å². The second-order valence-electron chi connectivity index (χ2n) is 9.53. The Balaban J connectivity index is 3.04. The molecule has 0 unspecified atom stereocenters. The van der Waals surface area contributed by atoms with Gasteiger partial charge in [0.15, 0.2) is 0 Å². The van der Waals surface area contributed by atoms with E-state index in [0.717, 1.165) is 12.8 Å². The summed E-state index contributed by atoms with van der Waals surface area (Å²) in [5.41, 5.74) is 0. The molecule has 0 spiro atoms. The monoisotopic (exact) mass is 418 g/mol. The fraction of sp³-hybridized carbons (Fsp3) is 0.867. The number of allylic oxidation sites excluding steroid dienone is 2. The Kier molecular flexibility index (Phi) is 28.5. The van der Waals surface area contributed by atoms with Crippen LogP contribution >= 0.6 is 0 Å². The molecule has 0 fully saturated rings. The smallest absolute Gasteiger partial charge is 0.0351 e. The van der Waals surface area contributed by atoms with Crippen molar-refractivity contribution in [2.75, 3.05) is 0 Å². The maximum absolute atomic E-state index is 3.91. The number of hydrogen-bond acceptors (Lipinski definition) is 0. The second kappa shape index (κ2) is 28.7. The van der Waals surface area contributed by atoms with Crippen molar-refractivity contribution in [1.29, 1.82) is 0 Å². The van der Waals surface area contributed by atoms with Crippen LogP contribution in [-0.2, 0) is 0 Å². The van der Waals surface area contributed by atoms with Crippen molar-refractivity contribution in [2.24, 2.45) is 0 Å². The van der Waals surface area contributed by atoms with Gasteiger partial charge in [-0.25, -0.2) is 0 Å². The van der Waals surface area contributed by atoms with Crippen molar-refractivity contribution in [3.63, 3.8) is 0 Å². The number of hydrogen-bond donors (Lipinski definition) is 0. The summed E-state index contributed by atoms with van der Waals surface area (Å²) in [6.45, 7) is 7.82. The molecule has 30 heavy (non-hydrogen) atoms. The van der Waals surface area contributed by atoms with Crippen LogP contribution in [0.4, 0.5) is 0 Å². The molecule has 0 aromatic rings. The van der Waals surface area contributed by atoms with E-state index >= 15 is 0 Å². The molecule has 0 N–H and O–H groups in total. The summed E-state index contributed by atoms with van der Waals surface area (Å²) >= 11 is 0. The molecular formula is C30H58. The zero-order valence-electron chi connectivity index (χ0n) is 21.0. The largest absolute Gasteiger partial charge is 0.0885 e. The van der Waals surface area contributed by atoms with Crippen LogP contribution in [-0.4, -0.2) is 0 Å². The fourth-order valence-corrected chi connectivity index (χ4v) is 4.30. The lowest BCUT2D eigenvalue weighted by atomic mass is 10.0.